The van der Waals surface area contributed by atoms with Crippen LogP contribution in [0.2, 0.25) is 13.1 Å². The van der Waals surface area contributed by atoms with E-state index >= 15 is 0 Å². The molecule has 3 heteroatoms. The van der Waals surface area contributed by atoms with Crippen molar-refractivity contribution in [3.63, 3.8) is 0 Å². The van der Waals surface area contributed by atoms with Crippen molar-refractivity contribution in [2.75, 3.05) is 11.5 Å². The lowest BCUT2D eigenvalue weighted by molar-refractivity contribution is 0.897. The van der Waals surface area contributed by atoms with Crippen molar-refractivity contribution >= 4 is 28.8 Å². The largest absolute Gasteiger partial charge is 0.173 e. The van der Waals surface area contributed by atoms with Crippen molar-refractivity contribution in [1.29, 1.82) is 0 Å². The highest BCUT2D eigenvalue weighted by Crippen LogP contribution is 2.32. The van der Waals surface area contributed by atoms with Crippen LogP contribution in [-0.4, -0.2) is 17.9 Å². The Morgan fingerprint density at radius 1 is 0.846 bits per heavy atom. The van der Waals surface area contributed by atoms with Crippen LogP contribution in [0.1, 0.15) is 39.5 Å². The molecule has 0 aromatic heterocycles. The van der Waals surface area contributed by atoms with Gasteiger partial charge in [0.2, 0.25) is 0 Å². The number of hydrogen-bond donors (Lipinski definition) is 0. The van der Waals surface area contributed by atoms with Crippen molar-refractivity contribution in [3.8, 4) is 0 Å². The second-order valence-corrected chi connectivity index (χ2v) is 16.6. The fourth-order valence-electron chi connectivity index (χ4n) is 0.966. The Bertz CT molecular complexity index is 103. The smallest absolute Gasteiger partial charge is 0.170 e. The van der Waals surface area contributed by atoms with E-state index in [1.165, 1.54) is 37.2 Å². The van der Waals surface area contributed by atoms with E-state index in [2.05, 4.69) is 49.4 Å². The summed E-state index contributed by atoms with van der Waals surface area (Å²) in [5.41, 5.74) is 0. The number of rotatable bonds is 8. The lowest BCUT2D eigenvalue weighted by Gasteiger charge is -2.20. The summed E-state index contributed by atoms with van der Waals surface area (Å²) in [5.74, 6) is 2.77. The normalized spacial score (nSPS) is 12.0. The monoisotopic (exact) mass is 236 g/mol. The number of unbranched alkanes of at least 4 members (excludes halogenated alkanes) is 2. The molecule has 0 aliphatic carbocycles. The molecule has 0 aromatic rings. The summed E-state index contributed by atoms with van der Waals surface area (Å²) in [6.45, 7) is 9.54. The molecule has 0 unspecified atom stereocenters. The van der Waals surface area contributed by atoms with Crippen LogP contribution in [0.15, 0.2) is 0 Å². The molecule has 0 atom stereocenters. The van der Waals surface area contributed by atoms with Crippen molar-refractivity contribution in [3.05, 3.63) is 0 Å². The Morgan fingerprint density at radius 3 is 1.54 bits per heavy atom. The molecule has 0 spiro atoms. The van der Waals surface area contributed by atoms with E-state index < -0.39 is 6.37 Å². The zero-order chi connectivity index (χ0) is 10.2. The van der Waals surface area contributed by atoms with Gasteiger partial charge < -0.3 is 0 Å². The SMILES string of the molecule is CCCCS[Si](C)(C)SCCCC. The van der Waals surface area contributed by atoms with E-state index in [4.69, 9.17) is 0 Å². The molecular formula is C10H24S2Si. The minimum absolute atomic E-state index is 0.944. The van der Waals surface area contributed by atoms with Gasteiger partial charge in [0, 0.05) is 0 Å². The molecule has 0 nitrogen and oxygen atoms in total. The van der Waals surface area contributed by atoms with Gasteiger partial charge in [-0.1, -0.05) is 39.8 Å². The summed E-state index contributed by atoms with van der Waals surface area (Å²) in [6.07, 6.45) is 4.54. The molecular weight excluding hydrogens is 212 g/mol. The molecule has 0 amide bonds. The van der Waals surface area contributed by atoms with Crippen molar-refractivity contribution in [1.82, 2.24) is 0 Å². The van der Waals surface area contributed by atoms with E-state index in [-0.39, 0.29) is 0 Å². The minimum atomic E-state index is -0.944. The van der Waals surface area contributed by atoms with Crippen LogP contribution < -0.4 is 0 Å². The van der Waals surface area contributed by atoms with E-state index in [0.29, 0.717) is 0 Å². The van der Waals surface area contributed by atoms with Gasteiger partial charge in [-0.15, -0.1) is 0 Å². The Kier molecular flexibility index (Phi) is 8.83. The van der Waals surface area contributed by atoms with E-state index in [1.54, 1.807) is 0 Å². The maximum absolute atomic E-state index is 2.49. The van der Waals surface area contributed by atoms with Gasteiger partial charge in [0.25, 0.3) is 0 Å². The van der Waals surface area contributed by atoms with Crippen LogP contribution >= 0.6 is 22.4 Å². The third-order valence-electron chi connectivity index (χ3n) is 1.90. The lowest BCUT2D eigenvalue weighted by atomic mass is 10.4. The third-order valence-corrected chi connectivity index (χ3v) is 11.8. The molecule has 0 saturated heterocycles. The highest BCUT2D eigenvalue weighted by atomic mass is 32.6. The Balaban J connectivity index is 3.42. The number of hydrogen-bond acceptors (Lipinski definition) is 2. The first kappa shape index (κ1) is 13.9. The molecule has 0 bridgehead atoms. The molecule has 0 heterocycles. The van der Waals surface area contributed by atoms with E-state index in [9.17, 15) is 0 Å². The quantitative estimate of drug-likeness (QED) is 0.440. The molecule has 0 radical (unpaired) electrons. The van der Waals surface area contributed by atoms with Gasteiger partial charge in [0.05, 0.1) is 0 Å². The molecule has 0 fully saturated rings. The van der Waals surface area contributed by atoms with Crippen molar-refractivity contribution < 1.29 is 0 Å². The van der Waals surface area contributed by atoms with Crippen LogP contribution in [-0.2, 0) is 0 Å². The highest BCUT2D eigenvalue weighted by molar-refractivity contribution is 8.58. The van der Waals surface area contributed by atoms with Gasteiger partial charge in [0.15, 0.2) is 6.37 Å². The van der Waals surface area contributed by atoms with Gasteiger partial charge in [0.1, 0.15) is 0 Å². The average molecular weight is 237 g/mol. The standard InChI is InChI=1S/C10H24S2Si/c1-5-7-9-11-13(3,4)12-10-8-6-2/h5-10H2,1-4H3. The topological polar surface area (TPSA) is 0 Å². The highest BCUT2D eigenvalue weighted by Gasteiger charge is 2.20. The Morgan fingerprint density at radius 2 is 1.23 bits per heavy atom. The summed E-state index contributed by atoms with van der Waals surface area (Å²) in [7, 11) is 0. The summed E-state index contributed by atoms with van der Waals surface area (Å²) < 4.78 is 0. The van der Waals surface area contributed by atoms with Crippen LogP contribution in [0.3, 0.4) is 0 Å². The first-order chi connectivity index (χ1) is 6.12. The molecule has 0 saturated carbocycles. The van der Waals surface area contributed by atoms with Crippen molar-refractivity contribution in [2.45, 2.75) is 52.6 Å². The Labute approximate surface area is 92.9 Å². The molecule has 80 valence electrons. The van der Waals surface area contributed by atoms with Crippen LogP contribution in [0.4, 0.5) is 0 Å². The summed E-state index contributed by atoms with van der Waals surface area (Å²) >= 11 is 4.51. The minimum Gasteiger partial charge on any atom is -0.173 e. The Hall–Kier alpha value is 0.917. The summed E-state index contributed by atoms with van der Waals surface area (Å²) in [5, 5.41) is 0. The average Bonchev–Trinajstić information content (AvgIpc) is 2.05. The molecule has 0 rings (SSSR count). The first-order valence-corrected chi connectivity index (χ1v) is 11.8. The van der Waals surface area contributed by atoms with Gasteiger partial charge in [-0.3, -0.25) is 0 Å². The first-order valence-electron chi connectivity index (χ1n) is 5.40. The molecule has 0 N–H and O–H groups in total. The second-order valence-electron chi connectivity index (χ2n) is 3.80. The zero-order valence-corrected chi connectivity index (χ0v) is 12.2. The zero-order valence-electron chi connectivity index (χ0n) is 9.56. The second kappa shape index (κ2) is 8.24. The van der Waals surface area contributed by atoms with Gasteiger partial charge in [-0.2, -0.15) is 22.4 Å². The van der Waals surface area contributed by atoms with E-state index in [1.807, 2.05) is 0 Å². The van der Waals surface area contributed by atoms with Gasteiger partial charge >= 0.3 is 0 Å². The van der Waals surface area contributed by atoms with Crippen LogP contribution in [0, 0.1) is 0 Å². The lowest BCUT2D eigenvalue weighted by Crippen LogP contribution is -2.17. The maximum Gasteiger partial charge on any atom is 0.170 e. The molecule has 0 aliphatic rings. The predicted molar refractivity (Wildman–Crippen MR) is 72.2 cm³/mol. The predicted octanol–water partition coefficient (Wildman–Crippen LogP) is 4.75. The third kappa shape index (κ3) is 9.23. The van der Waals surface area contributed by atoms with E-state index in [0.717, 1.165) is 0 Å². The van der Waals surface area contributed by atoms with Crippen LogP contribution in [0.5, 0.6) is 0 Å². The van der Waals surface area contributed by atoms with Gasteiger partial charge in [-0.25, -0.2) is 0 Å². The van der Waals surface area contributed by atoms with Crippen molar-refractivity contribution in [2.24, 2.45) is 0 Å². The van der Waals surface area contributed by atoms with Crippen LogP contribution in [0.25, 0.3) is 0 Å². The molecule has 0 aromatic carbocycles. The fraction of sp³-hybridized carbons (Fsp3) is 1.00. The maximum atomic E-state index is 2.49. The summed E-state index contributed by atoms with van der Waals surface area (Å²) in [4.78, 5) is 0. The molecule has 13 heavy (non-hydrogen) atoms. The van der Waals surface area contributed by atoms with Gasteiger partial charge in [-0.05, 0) is 24.3 Å². The summed E-state index contributed by atoms with van der Waals surface area (Å²) in [6, 6.07) is 0. The fourth-order valence-corrected chi connectivity index (χ4v) is 9.21. The molecule has 0 aliphatic heterocycles.